The van der Waals surface area contributed by atoms with Gasteiger partial charge in [-0.3, -0.25) is 4.79 Å². The highest BCUT2D eigenvalue weighted by Gasteiger charge is 2.19. The molecule has 1 heterocycles. The van der Waals surface area contributed by atoms with Crippen LogP contribution in [0, 0.1) is 0 Å². The molecule has 0 aliphatic carbocycles. The van der Waals surface area contributed by atoms with Crippen LogP contribution in [0.4, 0.5) is 0 Å². The zero-order valence-corrected chi connectivity index (χ0v) is 10.5. The van der Waals surface area contributed by atoms with Gasteiger partial charge >= 0.3 is 0 Å². The predicted octanol–water partition coefficient (Wildman–Crippen LogP) is 1.98. The molecule has 0 saturated carbocycles. The Hall–Kier alpha value is -0.390. The van der Waals surface area contributed by atoms with Crippen molar-refractivity contribution in [2.75, 3.05) is 6.54 Å². The fourth-order valence-corrected chi connectivity index (χ4v) is 2.17. The second-order valence-corrected chi connectivity index (χ2v) is 5.50. The number of carbonyl (C=O) groups excluding carboxylic acids is 1. The van der Waals surface area contributed by atoms with Crippen LogP contribution in [-0.4, -0.2) is 18.0 Å². The first-order valence-corrected chi connectivity index (χ1v) is 5.88. The first-order valence-electron chi connectivity index (χ1n) is 4.21. The van der Waals surface area contributed by atoms with Gasteiger partial charge in [-0.2, -0.15) is 0 Å². The summed E-state index contributed by atoms with van der Waals surface area (Å²) in [7, 11) is 0. The van der Waals surface area contributed by atoms with Crippen molar-refractivity contribution in [2.45, 2.75) is 19.4 Å². The molecule has 0 fully saturated rings. The van der Waals surface area contributed by atoms with Crippen molar-refractivity contribution in [3.63, 3.8) is 0 Å². The Morgan fingerprint density at radius 3 is 2.79 bits per heavy atom. The SMILES string of the molecule is CC(C)(CN)NC(=O)c1cc(Br)cs1. The molecule has 0 radical (unpaired) electrons. The Morgan fingerprint density at radius 2 is 2.36 bits per heavy atom. The van der Waals surface area contributed by atoms with E-state index in [1.165, 1.54) is 11.3 Å². The molecule has 0 bridgehead atoms. The fraction of sp³-hybridized carbons (Fsp3) is 0.444. The van der Waals surface area contributed by atoms with Gasteiger partial charge in [0.25, 0.3) is 5.91 Å². The van der Waals surface area contributed by atoms with Crippen molar-refractivity contribution in [2.24, 2.45) is 5.73 Å². The van der Waals surface area contributed by atoms with Gasteiger partial charge in [0.2, 0.25) is 0 Å². The van der Waals surface area contributed by atoms with E-state index >= 15 is 0 Å². The van der Waals surface area contributed by atoms with Crippen LogP contribution >= 0.6 is 27.3 Å². The quantitative estimate of drug-likeness (QED) is 0.887. The zero-order valence-electron chi connectivity index (χ0n) is 8.13. The first kappa shape index (κ1) is 11.7. The van der Waals surface area contributed by atoms with Gasteiger partial charge in [-0.1, -0.05) is 0 Å². The lowest BCUT2D eigenvalue weighted by Gasteiger charge is -2.23. The summed E-state index contributed by atoms with van der Waals surface area (Å²) < 4.78 is 0.929. The van der Waals surface area contributed by atoms with Crippen molar-refractivity contribution in [3.8, 4) is 0 Å². The van der Waals surface area contributed by atoms with Gasteiger partial charge in [0.05, 0.1) is 4.88 Å². The number of rotatable bonds is 3. The van der Waals surface area contributed by atoms with Crippen LogP contribution < -0.4 is 11.1 Å². The van der Waals surface area contributed by atoms with E-state index in [0.29, 0.717) is 11.4 Å². The summed E-state index contributed by atoms with van der Waals surface area (Å²) in [6.45, 7) is 4.21. The molecule has 0 aliphatic rings. The van der Waals surface area contributed by atoms with Crippen molar-refractivity contribution >= 4 is 33.2 Å². The van der Waals surface area contributed by atoms with Gasteiger partial charge in [-0.25, -0.2) is 0 Å². The molecular weight excluding hydrogens is 264 g/mol. The molecule has 1 rings (SSSR count). The second kappa shape index (κ2) is 4.42. The highest BCUT2D eigenvalue weighted by Crippen LogP contribution is 2.20. The topological polar surface area (TPSA) is 55.1 Å². The predicted molar refractivity (Wildman–Crippen MR) is 62.6 cm³/mol. The van der Waals surface area contributed by atoms with E-state index in [1.807, 2.05) is 19.2 Å². The Bertz CT molecular complexity index is 335. The lowest BCUT2D eigenvalue weighted by atomic mass is 10.1. The molecule has 1 amide bonds. The molecule has 14 heavy (non-hydrogen) atoms. The normalized spacial score (nSPS) is 11.4. The smallest absolute Gasteiger partial charge is 0.261 e. The monoisotopic (exact) mass is 276 g/mol. The molecule has 0 spiro atoms. The number of carbonyl (C=O) groups is 1. The van der Waals surface area contributed by atoms with Gasteiger partial charge in [-0.05, 0) is 35.8 Å². The number of amides is 1. The summed E-state index contributed by atoms with van der Waals surface area (Å²) in [5.41, 5.74) is 5.16. The van der Waals surface area contributed by atoms with Gasteiger partial charge in [0.1, 0.15) is 0 Å². The van der Waals surface area contributed by atoms with Crippen LogP contribution in [-0.2, 0) is 0 Å². The lowest BCUT2D eigenvalue weighted by Crippen LogP contribution is -2.48. The summed E-state index contributed by atoms with van der Waals surface area (Å²) in [5, 5.41) is 4.74. The Morgan fingerprint density at radius 1 is 1.71 bits per heavy atom. The van der Waals surface area contributed by atoms with E-state index in [4.69, 9.17) is 5.73 Å². The average molecular weight is 277 g/mol. The van der Waals surface area contributed by atoms with Gasteiger partial charge < -0.3 is 11.1 Å². The second-order valence-electron chi connectivity index (χ2n) is 3.67. The van der Waals surface area contributed by atoms with Crippen LogP contribution in [0.1, 0.15) is 23.5 Å². The molecule has 0 atom stereocenters. The third-order valence-electron chi connectivity index (χ3n) is 1.75. The van der Waals surface area contributed by atoms with Crippen molar-refractivity contribution in [1.82, 2.24) is 5.32 Å². The molecule has 3 nitrogen and oxygen atoms in total. The lowest BCUT2D eigenvalue weighted by molar-refractivity contribution is 0.0920. The third kappa shape index (κ3) is 3.08. The third-order valence-corrected chi connectivity index (χ3v) is 3.44. The summed E-state index contributed by atoms with van der Waals surface area (Å²) >= 11 is 4.71. The molecular formula is C9H13BrN2OS. The number of halogens is 1. The Kier molecular flexibility index (Phi) is 3.69. The summed E-state index contributed by atoms with van der Waals surface area (Å²) in [6, 6.07) is 1.80. The van der Waals surface area contributed by atoms with E-state index in [0.717, 1.165) is 4.47 Å². The largest absolute Gasteiger partial charge is 0.345 e. The maximum absolute atomic E-state index is 11.7. The Labute approximate surface area is 95.8 Å². The summed E-state index contributed by atoms with van der Waals surface area (Å²) in [4.78, 5) is 12.3. The minimum absolute atomic E-state index is 0.0730. The van der Waals surface area contributed by atoms with E-state index < -0.39 is 0 Å². The highest BCUT2D eigenvalue weighted by atomic mass is 79.9. The van der Waals surface area contributed by atoms with Crippen molar-refractivity contribution in [3.05, 3.63) is 20.8 Å². The van der Waals surface area contributed by atoms with E-state index in [-0.39, 0.29) is 11.4 Å². The molecule has 0 unspecified atom stereocenters. The number of nitrogens with one attached hydrogen (secondary N) is 1. The molecule has 78 valence electrons. The molecule has 0 aromatic carbocycles. The van der Waals surface area contributed by atoms with E-state index in [9.17, 15) is 4.79 Å². The molecule has 5 heteroatoms. The van der Waals surface area contributed by atoms with Crippen LogP contribution in [0.15, 0.2) is 15.9 Å². The minimum atomic E-state index is -0.354. The van der Waals surface area contributed by atoms with Crippen LogP contribution in [0.3, 0.4) is 0 Å². The van der Waals surface area contributed by atoms with Gasteiger partial charge in [-0.15, -0.1) is 11.3 Å². The molecule has 3 N–H and O–H groups in total. The van der Waals surface area contributed by atoms with Crippen molar-refractivity contribution in [1.29, 1.82) is 0 Å². The summed E-state index contributed by atoms with van der Waals surface area (Å²) in [5.74, 6) is -0.0730. The van der Waals surface area contributed by atoms with Crippen molar-refractivity contribution < 1.29 is 4.79 Å². The maximum Gasteiger partial charge on any atom is 0.261 e. The fourth-order valence-electron chi connectivity index (χ4n) is 0.852. The molecule has 1 aromatic rings. The molecule has 0 saturated heterocycles. The number of nitrogens with two attached hydrogens (primary N) is 1. The number of thiophene rings is 1. The van der Waals surface area contributed by atoms with Crippen LogP contribution in [0.25, 0.3) is 0 Å². The van der Waals surface area contributed by atoms with Gasteiger partial charge in [0.15, 0.2) is 0 Å². The Balaban J connectivity index is 2.68. The molecule has 0 aliphatic heterocycles. The standard InChI is InChI=1S/C9H13BrN2OS/c1-9(2,5-11)12-8(13)7-3-6(10)4-14-7/h3-4H,5,11H2,1-2H3,(H,12,13). The van der Waals surface area contributed by atoms with Crippen LogP contribution in [0.5, 0.6) is 0 Å². The number of hydrogen-bond acceptors (Lipinski definition) is 3. The highest BCUT2D eigenvalue weighted by molar-refractivity contribution is 9.10. The first-order chi connectivity index (χ1) is 6.44. The zero-order chi connectivity index (χ0) is 10.8. The molecule has 1 aromatic heterocycles. The minimum Gasteiger partial charge on any atom is -0.345 e. The average Bonchev–Trinajstić information content (AvgIpc) is 2.51. The maximum atomic E-state index is 11.7. The van der Waals surface area contributed by atoms with Crippen LogP contribution in [0.2, 0.25) is 0 Å². The van der Waals surface area contributed by atoms with E-state index in [1.54, 1.807) is 6.07 Å². The van der Waals surface area contributed by atoms with E-state index in [2.05, 4.69) is 21.2 Å². The summed E-state index contributed by atoms with van der Waals surface area (Å²) in [6.07, 6.45) is 0. The van der Waals surface area contributed by atoms with Gasteiger partial charge in [0, 0.05) is 21.9 Å². The number of hydrogen-bond donors (Lipinski definition) is 2.